The molecule has 1 aliphatic rings. The topological polar surface area (TPSA) is 32.3 Å². The Morgan fingerprint density at radius 1 is 1.19 bits per heavy atom. The molecule has 16 heavy (non-hydrogen) atoms. The predicted octanol–water partition coefficient (Wildman–Crippen LogP) is 2.12. The molecule has 1 aliphatic carbocycles. The van der Waals surface area contributed by atoms with Crippen molar-refractivity contribution in [3.8, 4) is 0 Å². The molecule has 1 fully saturated rings. The monoisotopic (exact) mass is 219 g/mol. The Morgan fingerprint density at radius 3 is 2.69 bits per heavy atom. The molecule has 0 amide bonds. The molecule has 0 aromatic heterocycles. The van der Waals surface area contributed by atoms with E-state index >= 15 is 0 Å². The second kappa shape index (κ2) is 6.02. The van der Waals surface area contributed by atoms with E-state index in [1.807, 2.05) is 0 Å². The fraction of sp³-hybridized carbons (Fsp3) is 0.571. The Kier molecular flexibility index (Phi) is 4.37. The molecule has 2 heteroatoms. The summed E-state index contributed by atoms with van der Waals surface area (Å²) in [6.07, 6.45) is 5.42. The molecule has 2 atom stereocenters. The average Bonchev–Trinajstić information content (AvgIpc) is 2.72. The molecule has 2 nitrogen and oxygen atoms in total. The highest BCUT2D eigenvalue weighted by Crippen LogP contribution is 2.18. The Morgan fingerprint density at radius 2 is 2.00 bits per heavy atom. The van der Waals surface area contributed by atoms with E-state index in [2.05, 4.69) is 35.6 Å². The molecule has 1 aromatic carbocycles. The van der Waals surface area contributed by atoms with Gasteiger partial charge in [0.15, 0.2) is 0 Å². The molecule has 0 unspecified atom stereocenters. The third-order valence-electron chi connectivity index (χ3n) is 3.37. The molecule has 0 spiro atoms. The van der Waals surface area contributed by atoms with Gasteiger partial charge in [-0.2, -0.15) is 0 Å². The van der Waals surface area contributed by atoms with Gasteiger partial charge in [-0.3, -0.25) is 0 Å². The van der Waals surface area contributed by atoms with Gasteiger partial charge in [0, 0.05) is 6.04 Å². The predicted molar refractivity (Wildman–Crippen MR) is 66.4 cm³/mol. The van der Waals surface area contributed by atoms with Crippen LogP contribution < -0.4 is 5.32 Å². The van der Waals surface area contributed by atoms with Crippen molar-refractivity contribution in [1.82, 2.24) is 5.32 Å². The van der Waals surface area contributed by atoms with Crippen molar-refractivity contribution in [2.24, 2.45) is 0 Å². The number of hydrogen-bond donors (Lipinski definition) is 2. The molecule has 1 aromatic rings. The van der Waals surface area contributed by atoms with Gasteiger partial charge < -0.3 is 10.4 Å². The van der Waals surface area contributed by atoms with Gasteiger partial charge in [0.1, 0.15) is 0 Å². The molecule has 0 radical (unpaired) electrons. The van der Waals surface area contributed by atoms with E-state index in [0.717, 1.165) is 38.6 Å². The van der Waals surface area contributed by atoms with Crippen LogP contribution in [0.2, 0.25) is 0 Å². The quantitative estimate of drug-likeness (QED) is 0.744. The van der Waals surface area contributed by atoms with Crippen LogP contribution in [0.15, 0.2) is 30.3 Å². The van der Waals surface area contributed by atoms with Gasteiger partial charge in [0.25, 0.3) is 0 Å². The van der Waals surface area contributed by atoms with Crippen molar-refractivity contribution in [2.75, 3.05) is 6.54 Å². The third-order valence-corrected chi connectivity index (χ3v) is 3.37. The molecule has 2 rings (SSSR count). The molecule has 0 heterocycles. The van der Waals surface area contributed by atoms with Crippen molar-refractivity contribution >= 4 is 0 Å². The van der Waals surface area contributed by atoms with Gasteiger partial charge in [-0.25, -0.2) is 0 Å². The van der Waals surface area contributed by atoms with Crippen LogP contribution >= 0.6 is 0 Å². The van der Waals surface area contributed by atoms with E-state index in [1.165, 1.54) is 5.56 Å². The van der Waals surface area contributed by atoms with Crippen molar-refractivity contribution in [3.05, 3.63) is 35.9 Å². The molecule has 0 bridgehead atoms. The molecule has 0 saturated heterocycles. The number of aliphatic hydroxyl groups excluding tert-OH is 1. The van der Waals surface area contributed by atoms with Crippen molar-refractivity contribution in [1.29, 1.82) is 0 Å². The summed E-state index contributed by atoms with van der Waals surface area (Å²) < 4.78 is 0. The summed E-state index contributed by atoms with van der Waals surface area (Å²) >= 11 is 0. The smallest absolute Gasteiger partial charge is 0.0693 e. The lowest BCUT2D eigenvalue weighted by Crippen LogP contribution is -2.36. The van der Waals surface area contributed by atoms with Crippen LogP contribution in [-0.4, -0.2) is 23.8 Å². The van der Waals surface area contributed by atoms with Crippen molar-refractivity contribution in [2.45, 2.75) is 44.2 Å². The fourth-order valence-electron chi connectivity index (χ4n) is 2.40. The summed E-state index contributed by atoms with van der Waals surface area (Å²) in [6, 6.07) is 10.9. The number of aliphatic hydroxyl groups is 1. The highest BCUT2D eigenvalue weighted by Gasteiger charge is 2.23. The largest absolute Gasteiger partial charge is 0.392 e. The van der Waals surface area contributed by atoms with Gasteiger partial charge in [0.2, 0.25) is 0 Å². The molecule has 88 valence electrons. The Bertz CT molecular complexity index is 299. The molecular formula is C14H21NO. The maximum Gasteiger partial charge on any atom is 0.0693 e. The van der Waals surface area contributed by atoms with Crippen LogP contribution in [0, 0.1) is 0 Å². The van der Waals surface area contributed by atoms with E-state index in [1.54, 1.807) is 0 Å². The highest BCUT2D eigenvalue weighted by atomic mass is 16.3. The summed E-state index contributed by atoms with van der Waals surface area (Å²) in [5.74, 6) is 0. The van der Waals surface area contributed by atoms with Gasteiger partial charge in [0.05, 0.1) is 6.10 Å². The highest BCUT2D eigenvalue weighted by molar-refractivity contribution is 5.14. The van der Waals surface area contributed by atoms with E-state index < -0.39 is 0 Å². The SMILES string of the molecule is O[C@H]1CCC[C@@H]1NCCCc1ccccc1. The Labute approximate surface area is 97.7 Å². The van der Waals surface area contributed by atoms with Crippen LogP contribution in [0.25, 0.3) is 0 Å². The minimum absolute atomic E-state index is 0.114. The summed E-state index contributed by atoms with van der Waals surface area (Å²) in [5.41, 5.74) is 1.40. The second-order valence-corrected chi connectivity index (χ2v) is 4.65. The van der Waals surface area contributed by atoms with Gasteiger partial charge in [-0.15, -0.1) is 0 Å². The second-order valence-electron chi connectivity index (χ2n) is 4.65. The van der Waals surface area contributed by atoms with Crippen LogP contribution in [0.3, 0.4) is 0 Å². The third kappa shape index (κ3) is 3.32. The van der Waals surface area contributed by atoms with E-state index in [9.17, 15) is 5.11 Å². The van der Waals surface area contributed by atoms with Gasteiger partial charge >= 0.3 is 0 Å². The number of aryl methyl sites for hydroxylation is 1. The van der Waals surface area contributed by atoms with Crippen LogP contribution in [0.5, 0.6) is 0 Å². The van der Waals surface area contributed by atoms with Crippen LogP contribution in [0.4, 0.5) is 0 Å². The average molecular weight is 219 g/mol. The zero-order chi connectivity index (χ0) is 11.2. The zero-order valence-electron chi connectivity index (χ0n) is 9.73. The Balaban J connectivity index is 1.62. The van der Waals surface area contributed by atoms with E-state index in [4.69, 9.17) is 0 Å². The maximum absolute atomic E-state index is 9.64. The van der Waals surface area contributed by atoms with Crippen molar-refractivity contribution < 1.29 is 5.11 Å². The zero-order valence-corrected chi connectivity index (χ0v) is 9.73. The first kappa shape index (κ1) is 11.6. The summed E-state index contributed by atoms with van der Waals surface area (Å²) in [5, 5.41) is 13.1. The normalized spacial score (nSPS) is 24.8. The summed E-state index contributed by atoms with van der Waals surface area (Å²) in [7, 11) is 0. The summed E-state index contributed by atoms with van der Waals surface area (Å²) in [6.45, 7) is 1.01. The van der Waals surface area contributed by atoms with Gasteiger partial charge in [-0.05, 0) is 44.2 Å². The number of nitrogens with one attached hydrogen (secondary N) is 1. The number of rotatable bonds is 5. The molecule has 0 aliphatic heterocycles. The fourth-order valence-corrected chi connectivity index (χ4v) is 2.40. The minimum Gasteiger partial charge on any atom is -0.392 e. The first-order valence-electron chi connectivity index (χ1n) is 6.31. The van der Waals surface area contributed by atoms with Gasteiger partial charge in [-0.1, -0.05) is 30.3 Å². The lowest BCUT2D eigenvalue weighted by Gasteiger charge is -2.16. The van der Waals surface area contributed by atoms with Crippen LogP contribution in [-0.2, 0) is 6.42 Å². The van der Waals surface area contributed by atoms with Crippen molar-refractivity contribution in [3.63, 3.8) is 0 Å². The maximum atomic E-state index is 9.64. The molecular weight excluding hydrogens is 198 g/mol. The standard InChI is InChI=1S/C14H21NO/c16-14-10-4-9-13(14)15-11-5-8-12-6-2-1-3-7-12/h1-3,6-7,13-16H,4-5,8-11H2/t13-,14-/m0/s1. The van der Waals surface area contributed by atoms with E-state index in [-0.39, 0.29) is 6.10 Å². The summed E-state index contributed by atoms with van der Waals surface area (Å²) in [4.78, 5) is 0. The lowest BCUT2D eigenvalue weighted by atomic mass is 10.1. The number of hydrogen-bond acceptors (Lipinski definition) is 2. The molecule has 2 N–H and O–H groups in total. The first-order valence-corrected chi connectivity index (χ1v) is 6.31. The Hall–Kier alpha value is -0.860. The molecule has 1 saturated carbocycles. The lowest BCUT2D eigenvalue weighted by molar-refractivity contribution is 0.149. The first-order chi connectivity index (χ1) is 7.86. The van der Waals surface area contributed by atoms with E-state index in [0.29, 0.717) is 6.04 Å². The van der Waals surface area contributed by atoms with Crippen LogP contribution in [0.1, 0.15) is 31.2 Å². The minimum atomic E-state index is -0.114. The number of benzene rings is 1.